The molecule has 2 amide bonds. The van der Waals surface area contributed by atoms with Gasteiger partial charge in [-0.1, -0.05) is 34.8 Å². The summed E-state index contributed by atoms with van der Waals surface area (Å²) in [6.45, 7) is 6.09. The van der Waals surface area contributed by atoms with Crippen LogP contribution in [0.25, 0.3) is 0 Å². The second-order valence-electron chi connectivity index (χ2n) is 7.95. The van der Waals surface area contributed by atoms with Crippen LogP contribution in [0, 0.1) is 0 Å². The molecule has 8 heteroatoms. The molecule has 0 aliphatic heterocycles. The molecule has 156 valence electrons. The van der Waals surface area contributed by atoms with Gasteiger partial charge in [-0.15, -0.1) is 5.10 Å². The van der Waals surface area contributed by atoms with Crippen molar-refractivity contribution in [1.82, 2.24) is 24.8 Å². The summed E-state index contributed by atoms with van der Waals surface area (Å²) in [6, 6.07) is 12.6. The molecule has 3 rings (SSSR count). The minimum absolute atomic E-state index is 0.232. The maximum absolute atomic E-state index is 13.3. The van der Waals surface area contributed by atoms with E-state index < -0.39 is 11.6 Å². The summed E-state index contributed by atoms with van der Waals surface area (Å²) in [5.74, 6) is -0.580. The molecule has 3 aromatic rings. The Balaban J connectivity index is 1.98. The van der Waals surface area contributed by atoms with Crippen LogP contribution in [-0.4, -0.2) is 43.4 Å². The van der Waals surface area contributed by atoms with Crippen molar-refractivity contribution in [2.45, 2.75) is 38.8 Å². The number of pyridine rings is 1. The highest BCUT2D eigenvalue weighted by atomic mass is 32.1. The Kier molecular flexibility index (Phi) is 6.89. The van der Waals surface area contributed by atoms with Crippen LogP contribution in [0.4, 0.5) is 0 Å². The lowest BCUT2D eigenvalue weighted by molar-refractivity contribution is -0.127. The monoisotopic (exact) mass is 423 g/mol. The highest BCUT2D eigenvalue weighted by Crippen LogP contribution is 2.24. The van der Waals surface area contributed by atoms with Crippen molar-refractivity contribution in [3.8, 4) is 0 Å². The van der Waals surface area contributed by atoms with Crippen LogP contribution < -0.4 is 5.32 Å². The predicted molar refractivity (Wildman–Crippen MR) is 116 cm³/mol. The van der Waals surface area contributed by atoms with Gasteiger partial charge in [0.15, 0.2) is 5.69 Å². The maximum atomic E-state index is 13.3. The zero-order valence-corrected chi connectivity index (χ0v) is 18.1. The van der Waals surface area contributed by atoms with Gasteiger partial charge in [0.25, 0.3) is 5.91 Å². The molecule has 2 heterocycles. The van der Waals surface area contributed by atoms with Gasteiger partial charge in [-0.3, -0.25) is 14.6 Å². The van der Waals surface area contributed by atoms with Gasteiger partial charge >= 0.3 is 0 Å². The van der Waals surface area contributed by atoms with Gasteiger partial charge in [-0.2, -0.15) is 0 Å². The summed E-state index contributed by atoms with van der Waals surface area (Å²) in [5, 5.41) is 8.55. The Labute approximate surface area is 180 Å². The van der Waals surface area contributed by atoms with E-state index in [0.717, 1.165) is 17.1 Å². The summed E-state index contributed by atoms with van der Waals surface area (Å²) < 4.78 is 3.81. The van der Waals surface area contributed by atoms with E-state index in [2.05, 4.69) is 19.9 Å². The fraction of sp³-hybridized carbons (Fsp3) is 0.318. The average Bonchev–Trinajstić information content (AvgIpc) is 3.25. The first-order valence-corrected chi connectivity index (χ1v) is 10.5. The summed E-state index contributed by atoms with van der Waals surface area (Å²) in [6.07, 6.45) is 3.85. The Morgan fingerprint density at radius 2 is 1.80 bits per heavy atom. The molecule has 0 aliphatic carbocycles. The number of rotatable bonds is 7. The molecular formula is C22H25N5O2S. The molecule has 1 N–H and O–H groups in total. The number of aromatic nitrogens is 3. The van der Waals surface area contributed by atoms with Crippen LogP contribution in [0.15, 0.2) is 60.2 Å². The highest BCUT2D eigenvalue weighted by Gasteiger charge is 2.34. The fourth-order valence-corrected chi connectivity index (χ4v) is 3.53. The van der Waals surface area contributed by atoms with Gasteiger partial charge in [0.1, 0.15) is 6.04 Å². The molecule has 7 nitrogen and oxygen atoms in total. The Morgan fingerprint density at radius 3 is 2.40 bits per heavy atom. The van der Waals surface area contributed by atoms with Gasteiger partial charge in [0.05, 0.1) is 0 Å². The molecule has 1 atom stereocenters. The highest BCUT2D eigenvalue weighted by molar-refractivity contribution is 7.03. The number of hydrogen-bond acceptors (Lipinski definition) is 6. The van der Waals surface area contributed by atoms with Crippen LogP contribution >= 0.6 is 11.5 Å². The van der Waals surface area contributed by atoms with Crippen molar-refractivity contribution in [3.05, 3.63) is 77.1 Å². The van der Waals surface area contributed by atoms with Crippen molar-refractivity contribution < 1.29 is 9.59 Å². The van der Waals surface area contributed by atoms with E-state index in [0.29, 0.717) is 18.5 Å². The smallest absolute Gasteiger partial charge is 0.276 e. The first-order chi connectivity index (χ1) is 14.3. The second-order valence-corrected chi connectivity index (χ2v) is 8.56. The fourth-order valence-electron chi connectivity index (χ4n) is 3.10. The number of carbonyl (C=O) groups excluding carboxylic acids is 2. The number of nitrogens with zero attached hydrogens (tertiary/aromatic N) is 4. The Bertz CT molecular complexity index is 956. The van der Waals surface area contributed by atoms with Crippen LogP contribution in [-0.2, 0) is 11.2 Å². The number of carbonyl (C=O) groups is 2. The third kappa shape index (κ3) is 5.70. The molecule has 0 radical (unpaired) electrons. The van der Waals surface area contributed by atoms with Crippen LogP contribution in [0.3, 0.4) is 0 Å². The SMILES string of the molecule is CC(C)(C)NC(=O)C(c1ccncc1)N(CCc1ccccc1)C(=O)c1csnn1. The van der Waals surface area contributed by atoms with Crippen molar-refractivity contribution in [2.24, 2.45) is 0 Å². The Morgan fingerprint density at radius 1 is 1.10 bits per heavy atom. The third-order valence-electron chi connectivity index (χ3n) is 4.40. The lowest BCUT2D eigenvalue weighted by Gasteiger charge is -2.33. The van der Waals surface area contributed by atoms with E-state index in [1.54, 1.807) is 34.8 Å². The summed E-state index contributed by atoms with van der Waals surface area (Å²) in [5.41, 5.74) is 1.56. The largest absolute Gasteiger partial charge is 0.349 e. The molecular weight excluding hydrogens is 398 g/mol. The van der Waals surface area contributed by atoms with Crippen molar-refractivity contribution in [2.75, 3.05) is 6.54 Å². The van der Waals surface area contributed by atoms with Crippen molar-refractivity contribution >= 4 is 23.3 Å². The van der Waals surface area contributed by atoms with Crippen LogP contribution in [0.5, 0.6) is 0 Å². The van der Waals surface area contributed by atoms with Crippen LogP contribution in [0.2, 0.25) is 0 Å². The summed E-state index contributed by atoms with van der Waals surface area (Å²) >= 11 is 1.11. The van der Waals surface area contributed by atoms with E-state index in [-0.39, 0.29) is 17.5 Å². The van der Waals surface area contributed by atoms with E-state index in [9.17, 15) is 9.59 Å². The number of hydrogen-bond donors (Lipinski definition) is 1. The molecule has 1 unspecified atom stereocenters. The average molecular weight is 424 g/mol. The zero-order valence-electron chi connectivity index (χ0n) is 17.3. The number of benzene rings is 1. The number of nitrogens with one attached hydrogen (secondary N) is 1. The third-order valence-corrected chi connectivity index (χ3v) is 4.91. The molecule has 30 heavy (non-hydrogen) atoms. The molecule has 0 bridgehead atoms. The van der Waals surface area contributed by atoms with Crippen molar-refractivity contribution in [1.29, 1.82) is 0 Å². The Hall–Kier alpha value is -3.13. The van der Waals surface area contributed by atoms with Gasteiger partial charge in [-0.05, 0) is 62.0 Å². The van der Waals surface area contributed by atoms with Gasteiger partial charge in [-0.25, -0.2) is 0 Å². The molecule has 0 saturated carbocycles. The molecule has 0 fully saturated rings. The summed E-state index contributed by atoms with van der Waals surface area (Å²) in [4.78, 5) is 32.3. The first kappa shape index (κ1) is 21.6. The van der Waals surface area contributed by atoms with E-state index in [1.165, 1.54) is 0 Å². The topological polar surface area (TPSA) is 88.1 Å². The lowest BCUT2D eigenvalue weighted by Crippen LogP contribution is -2.49. The minimum atomic E-state index is -0.815. The minimum Gasteiger partial charge on any atom is -0.349 e. The van der Waals surface area contributed by atoms with E-state index >= 15 is 0 Å². The molecule has 0 aliphatic rings. The predicted octanol–water partition coefficient (Wildman–Crippen LogP) is 3.27. The summed E-state index contributed by atoms with van der Waals surface area (Å²) in [7, 11) is 0. The number of amides is 2. The van der Waals surface area contributed by atoms with Crippen molar-refractivity contribution in [3.63, 3.8) is 0 Å². The standard InChI is InChI=1S/C22H25N5O2S/c1-22(2,3)24-20(28)19(17-9-12-23-13-10-17)27(21(29)18-15-30-26-25-18)14-11-16-7-5-4-6-8-16/h4-10,12-13,15,19H,11,14H2,1-3H3,(H,24,28). The first-order valence-electron chi connectivity index (χ1n) is 9.69. The zero-order chi connectivity index (χ0) is 21.6. The maximum Gasteiger partial charge on any atom is 0.276 e. The lowest BCUT2D eigenvalue weighted by atomic mass is 10.0. The normalized spacial score (nSPS) is 12.2. The molecule has 0 spiro atoms. The van der Waals surface area contributed by atoms with Gasteiger partial charge < -0.3 is 10.2 Å². The molecule has 0 saturated heterocycles. The molecule has 2 aromatic heterocycles. The van der Waals surface area contributed by atoms with E-state index in [1.807, 2.05) is 51.1 Å². The van der Waals surface area contributed by atoms with Gasteiger partial charge in [0.2, 0.25) is 5.91 Å². The second kappa shape index (κ2) is 9.58. The van der Waals surface area contributed by atoms with Gasteiger partial charge in [0, 0.05) is 29.9 Å². The van der Waals surface area contributed by atoms with E-state index in [4.69, 9.17) is 0 Å². The molecule has 1 aromatic carbocycles. The van der Waals surface area contributed by atoms with Crippen LogP contribution in [0.1, 0.15) is 48.4 Å². The quantitative estimate of drug-likeness (QED) is 0.630.